The third-order valence-electron chi connectivity index (χ3n) is 0.167. The molecule has 0 aromatic carbocycles. The summed E-state index contributed by atoms with van der Waals surface area (Å²) in [6, 6.07) is 0. The molecule has 0 aliphatic carbocycles. The molecule has 0 aromatic heterocycles. The van der Waals surface area contributed by atoms with Gasteiger partial charge >= 0.3 is 10.0 Å². The van der Waals surface area contributed by atoms with Crippen molar-refractivity contribution < 1.29 is 17.8 Å². The normalized spacial score (nSPS) is 10.3. The van der Waals surface area contributed by atoms with Crippen molar-refractivity contribution in [2.75, 3.05) is 0 Å². The third-order valence-corrected chi connectivity index (χ3v) is 1.50. The Morgan fingerprint density at radius 2 is 2.14 bits per heavy atom. The Balaban J connectivity index is 2.68. The molecule has 0 N–H and O–H groups in total. The lowest BCUT2D eigenvalue weighted by Gasteiger charge is -2.25. The van der Waals surface area contributed by atoms with E-state index in [1.54, 1.807) is 0 Å². The van der Waals surface area contributed by atoms with E-state index in [9.17, 15) is 9.59 Å². The maximum atomic E-state index is 9.52. The van der Waals surface area contributed by atoms with E-state index >= 15 is 0 Å². The van der Waals surface area contributed by atoms with Gasteiger partial charge in [-0.1, -0.05) is 0 Å². The van der Waals surface area contributed by atoms with Crippen LogP contribution < -0.4 is 9.59 Å². The first-order valence-corrected chi connectivity index (χ1v) is 3.67. The summed E-state index contributed by atoms with van der Waals surface area (Å²) < 4.78 is 8.03. The SMILES string of the molecule is [O-][Si]([O-])O[Si]O[Si]. The number of hydrogen-bond acceptors (Lipinski definition) is 4. The molecule has 6 radical (unpaired) electrons. The van der Waals surface area contributed by atoms with Gasteiger partial charge in [0.25, 0.3) is 0 Å². The highest BCUT2D eigenvalue weighted by Gasteiger charge is 1.80. The van der Waals surface area contributed by atoms with Gasteiger partial charge < -0.3 is 17.8 Å². The first-order chi connectivity index (χ1) is 3.27. The molecule has 0 aliphatic heterocycles. The van der Waals surface area contributed by atoms with Crippen molar-refractivity contribution in [3.63, 3.8) is 0 Å². The highest BCUT2D eigenvalue weighted by molar-refractivity contribution is 6.42. The van der Waals surface area contributed by atoms with Crippen LogP contribution in [0.25, 0.3) is 0 Å². The van der Waals surface area contributed by atoms with Crippen LogP contribution in [0.2, 0.25) is 0 Å². The van der Waals surface area contributed by atoms with E-state index in [0.717, 1.165) is 0 Å². The molecule has 4 nitrogen and oxygen atoms in total. The molecule has 0 atom stereocenters. The molecule has 0 unspecified atom stereocenters. The first kappa shape index (κ1) is 7.49. The van der Waals surface area contributed by atoms with Gasteiger partial charge in [0.1, 0.15) is 0 Å². The smallest absolute Gasteiger partial charge is 0.407 e. The van der Waals surface area contributed by atoms with Crippen LogP contribution in [0.15, 0.2) is 0 Å². The van der Waals surface area contributed by atoms with Crippen LogP contribution in [0.1, 0.15) is 0 Å². The topological polar surface area (TPSA) is 64.6 Å². The summed E-state index contributed by atoms with van der Waals surface area (Å²) in [6.07, 6.45) is 0. The van der Waals surface area contributed by atoms with E-state index in [4.69, 9.17) is 0 Å². The van der Waals surface area contributed by atoms with Gasteiger partial charge in [-0.15, -0.1) is 0 Å². The Labute approximate surface area is 48.7 Å². The Bertz CT molecular complexity index is 35.9. The molecule has 0 spiro atoms. The second-order valence-electron chi connectivity index (χ2n) is 0.537. The minimum Gasteiger partial charge on any atom is -0.852 e. The largest absolute Gasteiger partial charge is 0.852 e. The van der Waals surface area contributed by atoms with Crippen molar-refractivity contribution in [3.05, 3.63) is 0 Å². The maximum Gasteiger partial charge on any atom is 0.407 e. The Kier molecular flexibility index (Phi) is 4.97. The van der Waals surface area contributed by atoms with E-state index in [2.05, 4.69) is 18.7 Å². The Morgan fingerprint density at radius 1 is 1.57 bits per heavy atom. The van der Waals surface area contributed by atoms with Gasteiger partial charge in [0, 0.05) is 0 Å². The highest BCUT2D eigenvalue weighted by Crippen LogP contribution is 1.61. The highest BCUT2D eigenvalue weighted by atomic mass is 28.4. The Hall–Kier alpha value is 0.491. The molecule has 7 heavy (non-hydrogen) atoms. The lowest BCUT2D eigenvalue weighted by atomic mass is 15.7. The predicted molar refractivity (Wildman–Crippen MR) is 19.4 cm³/mol. The fraction of sp³-hybridized carbons (Fsp3) is 0. The monoisotopic (exact) mass is 148 g/mol. The summed E-state index contributed by atoms with van der Waals surface area (Å²) in [4.78, 5) is 19.0. The fourth-order valence-electron chi connectivity index (χ4n) is 0.0549. The van der Waals surface area contributed by atoms with Crippen LogP contribution in [0.5, 0.6) is 0 Å². The minimum atomic E-state index is -3.04. The fourth-order valence-corrected chi connectivity index (χ4v) is 0.869. The van der Waals surface area contributed by atoms with Crippen molar-refractivity contribution in [1.82, 2.24) is 0 Å². The zero-order valence-electron chi connectivity index (χ0n) is 3.13. The van der Waals surface area contributed by atoms with Crippen LogP contribution in [0.4, 0.5) is 0 Å². The lowest BCUT2D eigenvalue weighted by Crippen LogP contribution is -2.48. The van der Waals surface area contributed by atoms with Crippen LogP contribution in [0, 0.1) is 0 Å². The minimum absolute atomic E-state index is 0.471. The van der Waals surface area contributed by atoms with E-state index < -0.39 is 19.5 Å². The van der Waals surface area contributed by atoms with E-state index in [1.165, 1.54) is 0 Å². The summed E-state index contributed by atoms with van der Waals surface area (Å²) >= 11 is 0. The van der Waals surface area contributed by atoms with Crippen LogP contribution in [0.3, 0.4) is 0 Å². The second-order valence-corrected chi connectivity index (χ2v) is 2.84. The van der Waals surface area contributed by atoms with Gasteiger partial charge in [0.15, 0.2) is 0 Å². The molecular formula is O4Si3-2. The summed E-state index contributed by atoms with van der Waals surface area (Å²) in [7, 11) is -0.966. The lowest BCUT2D eigenvalue weighted by molar-refractivity contribution is -0.373. The summed E-state index contributed by atoms with van der Waals surface area (Å²) in [6.45, 7) is 0. The molecule has 0 saturated carbocycles. The summed E-state index contributed by atoms with van der Waals surface area (Å²) in [5.41, 5.74) is 0. The van der Waals surface area contributed by atoms with Crippen molar-refractivity contribution in [2.24, 2.45) is 0 Å². The molecule has 7 heteroatoms. The van der Waals surface area contributed by atoms with Gasteiger partial charge in [0.2, 0.25) is 10.5 Å². The molecule has 0 amide bonds. The van der Waals surface area contributed by atoms with Crippen LogP contribution >= 0.6 is 0 Å². The summed E-state index contributed by atoms with van der Waals surface area (Å²) in [5, 5.41) is 0. The van der Waals surface area contributed by atoms with Crippen molar-refractivity contribution in [2.45, 2.75) is 0 Å². The molecular weight excluding hydrogens is 148 g/mol. The first-order valence-electron chi connectivity index (χ1n) is 1.22. The van der Waals surface area contributed by atoms with Crippen LogP contribution in [-0.2, 0) is 8.23 Å². The van der Waals surface area contributed by atoms with Crippen molar-refractivity contribution in [3.8, 4) is 0 Å². The molecule has 0 rings (SSSR count). The van der Waals surface area contributed by atoms with Crippen molar-refractivity contribution in [1.29, 1.82) is 0 Å². The van der Waals surface area contributed by atoms with Gasteiger partial charge in [0.05, 0.1) is 0 Å². The quantitative estimate of drug-likeness (QED) is 0.387. The molecule has 0 aromatic rings. The predicted octanol–water partition coefficient (Wildman–Crippen LogP) is -3.66. The van der Waals surface area contributed by atoms with E-state index in [1.807, 2.05) is 0 Å². The van der Waals surface area contributed by atoms with Gasteiger partial charge in [-0.2, -0.15) is 0 Å². The zero-order valence-corrected chi connectivity index (χ0v) is 6.13. The van der Waals surface area contributed by atoms with E-state index in [-0.39, 0.29) is 0 Å². The van der Waals surface area contributed by atoms with E-state index in [0.29, 0.717) is 0 Å². The average Bonchev–Trinajstić information content (AvgIpc) is 1.61. The van der Waals surface area contributed by atoms with Gasteiger partial charge in [-0.3, -0.25) is 0 Å². The van der Waals surface area contributed by atoms with Crippen molar-refractivity contribution >= 4 is 30.0 Å². The maximum absolute atomic E-state index is 9.52. The molecule has 0 heterocycles. The second kappa shape index (κ2) is 4.64. The van der Waals surface area contributed by atoms with Gasteiger partial charge in [-0.05, 0) is 9.53 Å². The van der Waals surface area contributed by atoms with Crippen LogP contribution in [-0.4, -0.2) is 30.0 Å². The Morgan fingerprint density at radius 3 is 2.29 bits per heavy atom. The molecule has 0 saturated heterocycles. The number of rotatable bonds is 3. The number of hydrogen-bond donors (Lipinski definition) is 0. The molecule has 0 aliphatic rings. The zero-order chi connectivity index (χ0) is 5.70. The van der Waals surface area contributed by atoms with Gasteiger partial charge in [-0.25, -0.2) is 0 Å². The molecule has 0 bridgehead atoms. The third kappa shape index (κ3) is 6.49. The average molecular weight is 148 g/mol. The molecule has 38 valence electrons. The standard InChI is InChI=1S/O4Si3/c1-7(2)4-6-3-5/q-2. The summed E-state index contributed by atoms with van der Waals surface area (Å²) in [5.74, 6) is 0. The molecule has 0 fully saturated rings.